The molecular formula is C19H22ClN3O3. The van der Waals surface area contributed by atoms with Gasteiger partial charge in [-0.2, -0.15) is 0 Å². The summed E-state index contributed by atoms with van der Waals surface area (Å²) in [6.45, 7) is 2.51. The van der Waals surface area contributed by atoms with E-state index in [9.17, 15) is 9.59 Å². The molecule has 3 rings (SSSR count). The first-order valence-electron chi connectivity index (χ1n) is 8.23. The minimum absolute atomic E-state index is 0. The molecule has 1 heterocycles. The van der Waals surface area contributed by atoms with Gasteiger partial charge >= 0.3 is 0 Å². The minimum Gasteiger partial charge on any atom is -0.399 e. The zero-order chi connectivity index (χ0) is 17.8. The van der Waals surface area contributed by atoms with Crippen molar-refractivity contribution in [1.29, 1.82) is 0 Å². The minimum atomic E-state index is -0.410. The topological polar surface area (TPSA) is 93.5 Å². The SMILES string of the molecule is Cc1ccc(N)cc1NC(=O)c1cccc(NC(=O)C2CCCO2)c1.Cl. The van der Waals surface area contributed by atoms with Crippen LogP contribution in [0, 0.1) is 6.92 Å². The number of nitrogen functional groups attached to an aromatic ring is 1. The molecule has 2 amide bonds. The van der Waals surface area contributed by atoms with Gasteiger partial charge in [0.15, 0.2) is 0 Å². The smallest absolute Gasteiger partial charge is 0.255 e. The van der Waals surface area contributed by atoms with E-state index in [0.717, 1.165) is 18.4 Å². The van der Waals surface area contributed by atoms with E-state index in [1.165, 1.54) is 0 Å². The summed E-state index contributed by atoms with van der Waals surface area (Å²) in [5.74, 6) is -0.441. The van der Waals surface area contributed by atoms with Crippen LogP contribution in [0.4, 0.5) is 17.1 Å². The molecule has 138 valence electrons. The summed E-state index contributed by atoms with van der Waals surface area (Å²) in [4.78, 5) is 24.6. The second-order valence-electron chi connectivity index (χ2n) is 6.10. The average Bonchev–Trinajstić information content (AvgIpc) is 3.13. The number of rotatable bonds is 4. The van der Waals surface area contributed by atoms with Crippen molar-refractivity contribution in [2.45, 2.75) is 25.9 Å². The van der Waals surface area contributed by atoms with Crippen LogP contribution in [0.2, 0.25) is 0 Å². The van der Waals surface area contributed by atoms with Crippen LogP contribution in [-0.4, -0.2) is 24.5 Å². The van der Waals surface area contributed by atoms with Crippen LogP contribution >= 0.6 is 12.4 Å². The number of anilines is 3. The molecule has 4 N–H and O–H groups in total. The molecule has 0 spiro atoms. The molecule has 1 fully saturated rings. The average molecular weight is 376 g/mol. The molecule has 0 radical (unpaired) electrons. The van der Waals surface area contributed by atoms with Crippen LogP contribution in [0.5, 0.6) is 0 Å². The van der Waals surface area contributed by atoms with E-state index in [4.69, 9.17) is 10.5 Å². The second-order valence-corrected chi connectivity index (χ2v) is 6.10. The molecule has 1 saturated heterocycles. The van der Waals surface area contributed by atoms with Crippen molar-refractivity contribution in [2.24, 2.45) is 0 Å². The van der Waals surface area contributed by atoms with Crippen LogP contribution in [0.15, 0.2) is 42.5 Å². The predicted octanol–water partition coefficient (Wildman–Crippen LogP) is 3.37. The number of nitrogens with two attached hydrogens (primary N) is 1. The molecule has 6 nitrogen and oxygen atoms in total. The summed E-state index contributed by atoms with van der Waals surface area (Å²) in [5.41, 5.74) is 8.96. The first-order chi connectivity index (χ1) is 12.0. The van der Waals surface area contributed by atoms with Gasteiger partial charge in [0, 0.05) is 29.2 Å². The van der Waals surface area contributed by atoms with Gasteiger partial charge in [-0.3, -0.25) is 9.59 Å². The zero-order valence-electron chi connectivity index (χ0n) is 14.5. The molecule has 2 aromatic rings. The molecule has 1 unspecified atom stereocenters. The molecule has 0 aromatic heterocycles. The molecule has 0 aliphatic carbocycles. The first-order valence-corrected chi connectivity index (χ1v) is 8.23. The lowest BCUT2D eigenvalue weighted by Gasteiger charge is -2.12. The highest BCUT2D eigenvalue weighted by Gasteiger charge is 2.23. The van der Waals surface area contributed by atoms with Crippen molar-refractivity contribution in [3.05, 3.63) is 53.6 Å². The Balaban J connectivity index is 0.00000243. The van der Waals surface area contributed by atoms with Gasteiger partial charge in [-0.15, -0.1) is 12.4 Å². The molecule has 1 aliphatic heterocycles. The standard InChI is InChI=1S/C19H21N3O3.ClH/c1-12-7-8-14(20)11-16(12)22-18(23)13-4-2-5-15(10-13)21-19(24)17-6-3-9-25-17;/h2,4-5,7-8,10-11,17H,3,6,9,20H2,1H3,(H,21,24)(H,22,23);1H. The molecule has 0 saturated carbocycles. The zero-order valence-corrected chi connectivity index (χ0v) is 15.3. The predicted molar refractivity (Wildman–Crippen MR) is 105 cm³/mol. The van der Waals surface area contributed by atoms with Gasteiger partial charge in [0.1, 0.15) is 6.10 Å². The molecule has 2 aromatic carbocycles. The fourth-order valence-corrected chi connectivity index (χ4v) is 2.71. The van der Waals surface area contributed by atoms with E-state index in [0.29, 0.717) is 29.2 Å². The summed E-state index contributed by atoms with van der Waals surface area (Å²) in [5, 5.41) is 5.65. The lowest BCUT2D eigenvalue weighted by molar-refractivity contribution is -0.124. The van der Waals surface area contributed by atoms with Gasteiger partial charge in [0.2, 0.25) is 0 Å². The Morgan fingerprint density at radius 1 is 1.15 bits per heavy atom. The van der Waals surface area contributed by atoms with E-state index in [2.05, 4.69) is 10.6 Å². The second kappa shape index (κ2) is 8.69. The number of hydrogen-bond acceptors (Lipinski definition) is 4. The lowest BCUT2D eigenvalue weighted by atomic mass is 10.1. The molecule has 0 bridgehead atoms. The quantitative estimate of drug-likeness (QED) is 0.714. The summed E-state index contributed by atoms with van der Waals surface area (Å²) < 4.78 is 5.36. The van der Waals surface area contributed by atoms with Crippen molar-refractivity contribution in [2.75, 3.05) is 23.0 Å². The Labute approximate surface area is 158 Å². The van der Waals surface area contributed by atoms with Crippen molar-refractivity contribution >= 4 is 41.3 Å². The normalized spacial score (nSPS) is 15.8. The van der Waals surface area contributed by atoms with E-state index >= 15 is 0 Å². The maximum absolute atomic E-state index is 12.5. The number of carbonyl (C=O) groups excluding carboxylic acids is 2. The van der Waals surface area contributed by atoms with Crippen molar-refractivity contribution < 1.29 is 14.3 Å². The maximum Gasteiger partial charge on any atom is 0.255 e. The number of nitrogens with one attached hydrogen (secondary N) is 2. The largest absolute Gasteiger partial charge is 0.399 e. The molecule has 1 atom stereocenters. The maximum atomic E-state index is 12.5. The van der Waals surface area contributed by atoms with Gasteiger partial charge in [0.05, 0.1) is 0 Å². The van der Waals surface area contributed by atoms with Crippen LogP contribution in [0.25, 0.3) is 0 Å². The fraction of sp³-hybridized carbons (Fsp3) is 0.263. The summed E-state index contributed by atoms with van der Waals surface area (Å²) in [6.07, 6.45) is 1.20. The summed E-state index contributed by atoms with van der Waals surface area (Å²) in [6, 6.07) is 12.2. The number of benzene rings is 2. The Bertz CT molecular complexity index is 804. The molecular weight excluding hydrogens is 354 g/mol. The highest BCUT2D eigenvalue weighted by Crippen LogP contribution is 2.20. The third kappa shape index (κ3) is 4.74. The van der Waals surface area contributed by atoms with Crippen LogP contribution in [0.1, 0.15) is 28.8 Å². The number of ether oxygens (including phenoxy) is 1. The van der Waals surface area contributed by atoms with Crippen LogP contribution in [0.3, 0.4) is 0 Å². The third-order valence-corrected chi connectivity index (χ3v) is 4.12. The lowest BCUT2D eigenvalue weighted by Crippen LogP contribution is -2.27. The fourth-order valence-electron chi connectivity index (χ4n) is 2.71. The Kier molecular flexibility index (Phi) is 6.60. The number of amides is 2. The summed E-state index contributed by atoms with van der Waals surface area (Å²) >= 11 is 0. The highest BCUT2D eigenvalue weighted by atomic mass is 35.5. The number of hydrogen-bond donors (Lipinski definition) is 3. The van der Waals surface area contributed by atoms with Gasteiger partial charge in [0.25, 0.3) is 11.8 Å². The van der Waals surface area contributed by atoms with Crippen molar-refractivity contribution in [3.63, 3.8) is 0 Å². The molecule has 7 heteroatoms. The van der Waals surface area contributed by atoms with Crippen LogP contribution < -0.4 is 16.4 Å². The molecule has 1 aliphatic rings. The van der Waals surface area contributed by atoms with Crippen molar-refractivity contribution in [3.8, 4) is 0 Å². The van der Waals surface area contributed by atoms with Gasteiger partial charge in [-0.05, 0) is 55.7 Å². The monoisotopic (exact) mass is 375 g/mol. The Morgan fingerprint density at radius 3 is 2.69 bits per heavy atom. The van der Waals surface area contributed by atoms with E-state index in [1.54, 1.807) is 36.4 Å². The molecule has 26 heavy (non-hydrogen) atoms. The van der Waals surface area contributed by atoms with Crippen molar-refractivity contribution in [1.82, 2.24) is 0 Å². The van der Waals surface area contributed by atoms with E-state index in [-0.39, 0.29) is 24.2 Å². The Hall–Kier alpha value is -2.57. The highest BCUT2D eigenvalue weighted by molar-refractivity contribution is 6.06. The Morgan fingerprint density at radius 2 is 1.96 bits per heavy atom. The van der Waals surface area contributed by atoms with Gasteiger partial charge in [-0.1, -0.05) is 12.1 Å². The van der Waals surface area contributed by atoms with E-state index in [1.807, 2.05) is 13.0 Å². The van der Waals surface area contributed by atoms with Gasteiger partial charge < -0.3 is 21.1 Å². The third-order valence-electron chi connectivity index (χ3n) is 4.12. The van der Waals surface area contributed by atoms with Gasteiger partial charge in [-0.25, -0.2) is 0 Å². The number of carbonyl (C=O) groups is 2. The van der Waals surface area contributed by atoms with E-state index < -0.39 is 6.10 Å². The first kappa shape index (κ1) is 19.8. The van der Waals surface area contributed by atoms with Crippen LogP contribution in [-0.2, 0) is 9.53 Å². The number of aryl methyl sites for hydroxylation is 1. The summed E-state index contributed by atoms with van der Waals surface area (Å²) in [7, 11) is 0. The number of halogens is 1.